The lowest BCUT2D eigenvalue weighted by atomic mass is 10.1. The zero-order chi connectivity index (χ0) is 17.6. The lowest BCUT2D eigenvalue weighted by Gasteiger charge is -2.07. The number of nitrogens with zero attached hydrogens (tertiary/aromatic N) is 2. The minimum atomic E-state index is -0.484. The summed E-state index contributed by atoms with van der Waals surface area (Å²) in [4.78, 5) is 20.4. The van der Waals surface area contributed by atoms with Crippen molar-refractivity contribution in [2.45, 2.75) is 19.0 Å². The Balaban J connectivity index is 1.59. The molecular weight excluding hydrogens is 320 g/mol. The van der Waals surface area contributed by atoms with Gasteiger partial charge in [-0.1, -0.05) is 18.2 Å². The minimum absolute atomic E-state index is 0.173. The molecule has 25 heavy (non-hydrogen) atoms. The van der Waals surface area contributed by atoms with Gasteiger partial charge in [-0.25, -0.2) is 4.98 Å². The quantitative estimate of drug-likeness (QED) is 0.633. The molecule has 2 heterocycles. The van der Waals surface area contributed by atoms with Crippen molar-refractivity contribution in [2.75, 3.05) is 0 Å². The number of carbonyl (C=O) groups is 1. The normalized spacial score (nSPS) is 11.9. The Hall–Kier alpha value is -3.19. The van der Waals surface area contributed by atoms with Gasteiger partial charge in [0.25, 0.3) is 5.91 Å². The molecular formula is C18H18N4O3. The van der Waals surface area contributed by atoms with Gasteiger partial charge in [0, 0.05) is 6.20 Å². The van der Waals surface area contributed by atoms with Crippen LogP contribution in [0.1, 0.15) is 33.7 Å². The minimum Gasteiger partial charge on any atom is -0.508 e. The summed E-state index contributed by atoms with van der Waals surface area (Å²) >= 11 is 0. The Kier molecular flexibility index (Phi) is 5.06. The Morgan fingerprint density at radius 3 is 2.76 bits per heavy atom. The highest BCUT2D eigenvalue weighted by Gasteiger charge is 2.17. The topological polar surface area (TPSA) is 114 Å². The molecule has 1 atom stereocenters. The number of carbonyl (C=O) groups excluding carboxylic acids is 1. The summed E-state index contributed by atoms with van der Waals surface area (Å²) in [5, 5.41) is 12.0. The summed E-state index contributed by atoms with van der Waals surface area (Å²) in [5.74, 6) is 0.133. The summed E-state index contributed by atoms with van der Waals surface area (Å²) in [6, 6.07) is 11.7. The molecule has 128 valence electrons. The predicted molar refractivity (Wildman–Crippen MR) is 90.6 cm³/mol. The molecule has 0 saturated carbocycles. The van der Waals surface area contributed by atoms with E-state index < -0.39 is 6.04 Å². The van der Waals surface area contributed by atoms with E-state index in [1.165, 1.54) is 6.26 Å². The van der Waals surface area contributed by atoms with Crippen LogP contribution in [-0.4, -0.2) is 21.0 Å². The van der Waals surface area contributed by atoms with E-state index >= 15 is 0 Å². The summed E-state index contributed by atoms with van der Waals surface area (Å²) in [5.41, 5.74) is 7.94. The van der Waals surface area contributed by atoms with Gasteiger partial charge in [0.05, 0.1) is 18.3 Å². The maximum Gasteiger partial charge on any atom is 0.273 e. The monoisotopic (exact) mass is 338 g/mol. The number of hydrogen-bond donors (Lipinski definition) is 3. The van der Waals surface area contributed by atoms with Crippen molar-refractivity contribution in [3.05, 3.63) is 77.8 Å². The van der Waals surface area contributed by atoms with E-state index in [1.807, 2.05) is 18.2 Å². The van der Waals surface area contributed by atoms with Crippen LogP contribution >= 0.6 is 0 Å². The van der Waals surface area contributed by atoms with Gasteiger partial charge < -0.3 is 20.6 Å². The van der Waals surface area contributed by atoms with E-state index in [1.54, 1.807) is 30.5 Å². The number of oxazole rings is 1. The van der Waals surface area contributed by atoms with Crippen LogP contribution < -0.4 is 11.1 Å². The summed E-state index contributed by atoms with van der Waals surface area (Å²) in [7, 11) is 0. The summed E-state index contributed by atoms with van der Waals surface area (Å²) in [6.07, 6.45) is 3.44. The van der Waals surface area contributed by atoms with E-state index in [-0.39, 0.29) is 23.2 Å². The van der Waals surface area contributed by atoms with Crippen LogP contribution in [-0.2, 0) is 13.0 Å². The van der Waals surface area contributed by atoms with Crippen molar-refractivity contribution < 1.29 is 14.3 Å². The van der Waals surface area contributed by atoms with Crippen molar-refractivity contribution in [3.8, 4) is 5.75 Å². The fraction of sp³-hybridized carbons (Fsp3) is 0.167. The highest BCUT2D eigenvalue weighted by Crippen LogP contribution is 2.18. The van der Waals surface area contributed by atoms with Crippen LogP contribution in [0.4, 0.5) is 0 Å². The number of amides is 1. The van der Waals surface area contributed by atoms with Gasteiger partial charge in [-0.3, -0.25) is 9.78 Å². The second-order valence-electron chi connectivity index (χ2n) is 5.55. The third-order valence-electron chi connectivity index (χ3n) is 3.62. The molecule has 0 aliphatic carbocycles. The fourth-order valence-corrected chi connectivity index (χ4v) is 2.30. The molecule has 0 saturated heterocycles. The van der Waals surface area contributed by atoms with Crippen molar-refractivity contribution in [3.63, 3.8) is 0 Å². The third kappa shape index (κ3) is 4.42. The number of nitrogens with one attached hydrogen (secondary N) is 1. The zero-order valence-corrected chi connectivity index (χ0v) is 13.4. The number of nitrogens with two attached hydrogens (primary N) is 1. The Morgan fingerprint density at radius 1 is 1.24 bits per heavy atom. The first-order valence-corrected chi connectivity index (χ1v) is 7.79. The van der Waals surface area contributed by atoms with Crippen molar-refractivity contribution in [1.82, 2.24) is 15.3 Å². The number of phenolic OH excluding ortho intramolecular Hbond substituents is 1. The van der Waals surface area contributed by atoms with Crippen LogP contribution in [0.5, 0.6) is 5.75 Å². The molecule has 0 aliphatic rings. The largest absolute Gasteiger partial charge is 0.508 e. The predicted octanol–water partition coefficient (Wildman–Crippen LogP) is 1.95. The van der Waals surface area contributed by atoms with E-state index in [0.717, 1.165) is 11.3 Å². The number of benzene rings is 1. The Morgan fingerprint density at radius 2 is 2.04 bits per heavy atom. The number of aromatic nitrogens is 2. The van der Waals surface area contributed by atoms with Crippen molar-refractivity contribution >= 4 is 5.91 Å². The highest BCUT2D eigenvalue weighted by atomic mass is 16.3. The van der Waals surface area contributed by atoms with E-state index in [2.05, 4.69) is 15.3 Å². The van der Waals surface area contributed by atoms with E-state index in [0.29, 0.717) is 13.0 Å². The molecule has 0 fully saturated rings. The molecule has 3 rings (SSSR count). The number of pyridine rings is 1. The number of rotatable bonds is 6. The molecule has 0 bridgehead atoms. The first-order chi connectivity index (χ1) is 12.1. The average molecular weight is 338 g/mol. The number of hydrogen-bond acceptors (Lipinski definition) is 6. The first-order valence-electron chi connectivity index (χ1n) is 7.79. The molecule has 1 amide bonds. The second-order valence-corrected chi connectivity index (χ2v) is 5.55. The van der Waals surface area contributed by atoms with E-state index in [9.17, 15) is 9.90 Å². The SMILES string of the molecule is NC(Cc1ccc(O)cc1)c1nc(C(=O)NCc2ccccn2)co1. The molecule has 0 spiro atoms. The summed E-state index contributed by atoms with van der Waals surface area (Å²) in [6.45, 7) is 0.307. The highest BCUT2D eigenvalue weighted by molar-refractivity contribution is 5.91. The Labute approximate surface area is 144 Å². The van der Waals surface area contributed by atoms with Crippen LogP contribution in [0.3, 0.4) is 0 Å². The van der Waals surface area contributed by atoms with Gasteiger partial charge in [-0.15, -0.1) is 0 Å². The molecule has 4 N–H and O–H groups in total. The van der Waals surface area contributed by atoms with Crippen molar-refractivity contribution in [2.24, 2.45) is 5.73 Å². The molecule has 3 aromatic rings. The van der Waals surface area contributed by atoms with Gasteiger partial charge >= 0.3 is 0 Å². The molecule has 0 radical (unpaired) electrons. The van der Waals surface area contributed by atoms with Gasteiger partial charge in [0.1, 0.15) is 12.0 Å². The molecule has 1 unspecified atom stereocenters. The van der Waals surface area contributed by atoms with Crippen LogP contribution in [0, 0.1) is 0 Å². The van der Waals surface area contributed by atoms with Crippen molar-refractivity contribution in [1.29, 1.82) is 0 Å². The standard InChI is InChI=1S/C18H18N4O3/c19-15(9-12-4-6-14(23)7-5-12)18-22-16(11-25-18)17(24)21-10-13-3-1-2-8-20-13/h1-8,11,15,23H,9-10,19H2,(H,21,24). The zero-order valence-electron chi connectivity index (χ0n) is 13.4. The fourth-order valence-electron chi connectivity index (χ4n) is 2.30. The van der Waals surface area contributed by atoms with Gasteiger partial charge in [0.2, 0.25) is 5.89 Å². The smallest absolute Gasteiger partial charge is 0.273 e. The first kappa shape index (κ1) is 16.7. The van der Waals surface area contributed by atoms with E-state index in [4.69, 9.17) is 10.2 Å². The average Bonchev–Trinajstić information content (AvgIpc) is 3.13. The number of phenols is 1. The summed E-state index contributed by atoms with van der Waals surface area (Å²) < 4.78 is 5.33. The Bertz CT molecular complexity index is 831. The van der Waals surface area contributed by atoms with Crippen LogP contribution in [0.25, 0.3) is 0 Å². The van der Waals surface area contributed by atoms with Gasteiger partial charge in [-0.2, -0.15) is 0 Å². The third-order valence-corrected chi connectivity index (χ3v) is 3.62. The lowest BCUT2D eigenvalue weighted by Crippen LogP contribution is -2.24. The van der Waals surface area contributed by atoms with Gasteiger partial charge in [0.15, 0.2) is 5.69 Å². The molecule has 7 heteroatoms. The molecule has 7 nitrogen and oxygen atoms in total. The lowest BCUT2D eigenvalue weighted by molar-refractivity contribution is 0.0945. The van der Waals surface area contributed by atoms with Gasteiger partial charge in [-0.05, 0) is 36.2 Å². The molecule has 2 aromatic heterocycles. The maximum absolute atomic E-state index is 12.1. The molecule has 1 aromatic carbocycles. The number of aromatic hydroxyl groups is 1. The van der Waals surface area contributed by atoms with Crippen LogP contribution in [0.15, 0.2) is 59.3 Å². The maximum atomic E-state index is 12.1. The molecule has 0 aliphatic heterocycles. The second kappa shape index (κ2) is 7.59. The van der Waals surface area contributed by atoms with Crippen LogP contribution in [0.2, 0.25) is 0 Å².